The summed E-state index contributed by atoms with van der Waals surface area (Å²) in [5, 5.41) is 11.0. The van der Waals surface area contributed by atoms with Crippen molar-refractivity contribution < 1.29 is 0 Å². The summed E-state index contributed by atoms with van der Waals surface area (Å²) in [4.78, 5) is 7.01. The lowest BCUT2D eigenvalue weighted by atomic mass is 9.84. The van der Waals surface area contributed by atoms with Crippen LogP contribution in [0.4, 0.5) is 5.95 Å². The number of nitrogens with one attached hydrogen (secondary N) is 2. The number of H-pyrrole nitrogens is 1. The molecule has 2 aromatic rings. The van der Waals surface area contributed by atoms with Crippen molar-refractivity contribution in [3.63, 3.8) is 0 Å². The maximum absolute atomic E-state index is 4.76. The van der Waals surface area contributed by atoms with Gasteiger partial charge in [0.2, 0.25) is 5.95 Å². The Hall–Kier alpha value is -1.88. The first-order valence-corrected chi connectivity index (χ1v) is 7.62. The second-order valence-electron chi connectivity index (χ2n) is 6.07. The van der Waals surface area contributed by atoms with Gasteiger partial charge in [-0.05, 0) is 32.4 Å². The molecule has 1 aromatic carbocycles. The van der Waals surface area contributed by atoms with Gasteiger partial charge in [-0.25, -0.2) is 0 Å². The van der Waals surface area contributed by atoms with Gasteiger partial charge in [0.1, 0.15) is 5.82 Å². The fraction of sp³-hybridized carbons (Fsp3) is 0.500. The largest absolute Gasteiger partial charge is 0.338 e. The van der Waals surface area contributed by atoms with Crippen LogP contribution in [0.15, 0.2) is 30.3 Å². The smallest absolute Gasteiger partial charge is 0.244 e. The fourth-order valence-corrected chi connectivity index (χ4v) is 2.71. The normalized spacial score (nSPS) is 16.8. The Morgan fingerprint density at radius 3 is 2.71 bits per heavy atom. The summed E-state index contributed by atoms with van der Waals surface area (Å²) in [6.07, 6.45) is 1.13. The molecule has 5 heteroatoms. The first-order valence-electron chi connectivity index (χ1n) is 7.62. The van der Waals surface area contributed by atoms with Crippen LogP contribution >= 0.6 is 0 Å². The second-order valence-corrected chi connectivity index (χ2v) is 6.07. The molecule has 1 aromatic heterocycles. The van der Waals surface area contributed by atoms with E-state index in [1.807, 2.05) is 6.07 Å². The zero-order chi connectivity index (χ0) is 14.7. The van der Waals surface area contributed by atoms with Gasteiger partial charge >= 0.3 is 0 Å². The van der Waals surface area contributed by atoms with E-state index in [2.05, 4.69) is 58.5 Å². The molecule has 21 heavy (non-hydrogen) atoms. The molecule has 1 fully saturated rings. The summed E-state index contributed by atoms with van der Waals surface area (Å²) < 4.78 is 0. The summed E-state index contributed by atoms with van der Waals surface area (Å²) in [5.74, 6) is 1.73. The number of rotatable bonds is 3. The molecule has 0 bridgehead atoms. The Morgan fingerprint density at radius 1 is 1.10 bits per heavy atom. The van der Waals surface area contributed by atoms with E-state index in [1.54, 1.807) is 0 Å². The Kier molecular flexibility index (Phi) is 3.92. The molecule has 0 saturated carbocycles. The number of nitrogens with zero attached hydrogens (tertiary/aromatic N) is 3. The lowest BCUT2D eigenvalue weighted by Crippen LogP contribution is -2.29. The van der Waals surface area contributed by atoms with Crippen molar-refractivity contribution in [3.8, 4) is 0 Å². The molecule has 112 valence electrons. The predicted octanol–water partition coefficient (Wildman–Crippen LogP) is 1.93. The number of aromatic nitrogens is 3. The lowest BCUT2D eigenvalue weighted by molar-refractivity contribution is 0.593. The van der Waals surface area contributed by atoms with Gasteiger partial charge in [0.05, 0.1) is 0 Å². The highest BCUT2D eigenvalue weighted by Crippen LogP contribution is 2.29. The van der Waals surface area contributed by atoms with Crippen molar-refractivity contribution >= 4 is 5.95 Å². The third kappa shape index (κ3) is 2.93. The molecule has 0 atom stereocenters. The summed E-state index contributed by atoms with van der Waals surface area (Å²) in [5.41, 5.74) is 1.07. The van der Waals surface area contributed by atoms with Gasteiger partial charge in [-0.1, -0.05) is 30.3 Å². The third-order valence-electron chi connectivity index (χ3n) is 4.18. The zero-order valence-electron chi connectivity index (χ0n) is 12.8. The number of aromatic amines is 1. The van der Waals surface area contributed by atoms with Crippen LogP contribution in [-0.2, 0) is 5.41 Å². The fourth-order valence-electron chi connectivity index (χ4n) is 2.71. The van der Waals surface area contributed by atoms with E-state index in [4.69, 9.17) is 4.98 Å². The monoisotopic (exact) mass is 285 g/mol. The molecule has 0 spiro atoms. The van der Waals surface area contributed by atoms with Gasteiger partial charge in [0.25, 0.3) is 0 Å². The molecular weight excluding hydrogens is 262 g/mol. The standard InChI is InChI=1S/C16H23N5/c1-16(2,13-7-4-3-5-8-13)14-18-15(20-19-14)21-11-6-9-17-10-12-21/h3-5,7-8,17H,6,9-12H2,1-2H3,(H,18,19,20). The Morgan fingerprint density at radius 2 is 1.90 bits per heavy atom. The first kappa shape index (κ1) is 14.1. The molecular formula is C16H23N5. The Bertz CT molecular complexity index is 567. The van der Waals surface area contributed by atoms with Gasteiger partial charge in [0, 0.05) is 25.0 Å². The van der Waals surface area contributed by atoms with Crippen LogP contribution in [0.2, 0.25) is 0 Å². The van der Waals surface area contributed by atoms with Crippen LogP contribution < -0.4 is 10.2 Å². The van der Waals surface area contributed by atoms with Crippen molar-refractivity contribution in [2.24, 2.45) is 0 Å². The summed E-state index contributed by atoms with van der Waals surface area (Å²) in [6.45, 7) is 8.39. The molecule has 0 radical (unpaired) electrons. The molecule has 0 aliphatic carbocycles. The quantitative estimate of drug-likeness (QED) is 0.905. The first-order chi connectivity index (χ1) is 10.2. The van der Waals surface area contributed by atoms with Crippen LogP contribution in [0.5, 0.6) is 0 Å². The highest BCUT2D eigenvalue weighted by atomic mass is 15.4. The zero-order valence-corrected chi connectivity index (χ0v) is 12.8. The maximum Gasteiger partial charge on any atom is 0.244 e. The van der Waals surface area contributed by atoms with E-state index in [0.717, 1.165) is 44.4 Å². The molecule has 2 N–H and O–H groups in total. The van der Waals surface area contributed by atoms with Gasteiger partial charge < -0.3 is 10.2 Å². The molecule has 1 aliphatic rings. The average molecular weight is 285 g/mol. The van der Waals surface area contributed by atoms with E-state index in [-0.39, 0.29) is 5.41 Å². The number of hydrogen-bond acceptors (Lipinski definition) is 4. The average Bonchev–Trinajstić information content (AvgIpc) is 2.85. The van der Waals surface area contributed by atoms with Crippen molar-refractivity contribution in [1.82, 2.24) is 20.5 Å². The lowest BCUT2D eigenvalue weighted by Gasteiger charge is -2.22. The highest BCUT2D eigenvalue weighted by molar-refractivity contribution is 5.35. The maximum atomic E-state index is 4.76. The SMILES string of the molecule is CC(C)(c1ccccc1)c1nc(N2CCCNCC2)n[nH]1. The van der Waals surface area contributed by atoms with Crippen LogP contribution in [0, 0.1) is 0 Å². The summed E-state index contributed by atoms with van der Waals surface area (Å²) in [6, 6.07) is 10.4. The summed E-state index contributed by atoms with van der Waals surface area (Å²) >= 11 is 0. The van der Waals surface area contributed by atoms with E-state index in [0.29, 0.717) is 0 Å². The van der Waals surface area contributed by atoms with Gasteiger partial charge in [-0.2, -0.15) is 4.98 Å². The number of benzene rings is 1. The minimum absolute atomic E-state index is 0.170. The van der Waals surface area contributed by atoms with Crippen molar-refractivity contribution in [3.05, 3.63) is 41.7 Å². The van der Waals surface area contributed by atoms with E-state index < -0.39 is 0 Å². The van der Waals surface area contributed by atoms with Crippen LogP contribution in [-0.4, -0.2) is 41.4 Å². The van der Waals surface area contributed by atoms with Gasteiger partial charge in [-0.3, -0.25) is 5.10 Å². The Labute approximate surface area is 125 Å². The third-order valence-corrected chi connectivity index (χ3v) is 4.18. The number of hydrogen-bond donors (Lipinski definition) is 2. The molecule has 3 rings (SSSR count). The van der Waals surface area contributed by atoms with Crippen molar-refractivity contribution in [2.45, 2.75) is 25.7 Å². The molecule has 0 amide bonds. The second kappa shape index (κ2) is 5.85. The van der Waals surface area contributed by atoms with Crippen LogP contribution in [0.3, 0.4) is 0 Å². The molecule has 1 saturated heterocycles. The highest BCUT2D eigenvalue weighted by Gasteiger charge is 2.28. The number of anilines is 1. The minimum atomic E-state index is -0.170. The molecule has 5 nitrogen and oxygen atoms in total. The van der Waals surface area contributed by atoms with E-state index in [9.17, 15) is 0 Å². The van der Waals surface area contributed by atoms with Gasteiger partial charge in [0.15, 0.2) is 0 Å². The Balaban J connectivity index is 1.84. The predicted molar refractivity (Wildman–Crippen MR) is 84.7 cm³/mol. The molecule has 0 unspecified atom stereocenters. The van der Waals surface area contributed by atoms with Crippen molar-refractivity contribution in [1.29, 1.82) is 0 Å². The summed E-state index contributed by atoms with van der Waals surface area (Å²) in [7, 11) is 0. The molecule has 2 heterocycles. The minimum Gasteiger partial charge on any atom is -0.338 e. The van der Waals surface area contributed by atoms with Crippen molar-refractivity contribution in [2.75, 3.05) is 31.1 Å². The van der Waals surface area contributed by atoms with E-state index in [1.165, 1.54) is 5.56 Å². The topological polar surface area (TPSA) is 56.8 Å². The van der Waals surface area contributed by atoms with Gasteiger partial charge in [-0.15, -0.1) is 5.10 Å². The molecule has 1 aliphatic heterocycles. The van der Waals surface area contributed by atoms with Crippen LogP contribution in [0.1, 0.15) is 31.7 Å². The van der Waals surface area contributed by atoms with Crippen LogP contribution in [0.25, 0.3) is 0 Å². The van der Waals surface area contributed by atoms with E-state index >= 15 is 0 Å².